The van der Waals surface area contributed by atoms with Crippen molar-refractivity contribution in [2.45, 2.75) is 6.92 Å². The molecule has 0 unspecified atom stereocenters. The maximum absolute atomic E-state index is 13.9. The van der Waals surface area contributed by atoms with Gasteiger partial charge in [0.25, 0.3) is 0 Å². The predicted molar refractivity (Wildman–Crippen MR) is 152 cm³/mol. The number of nitro benzene ring substituents is 1. The maximum Gasteiger partial charge on any atom is 0.313 e. The minimum Gasteiger partial charge on any atom is -0.497 e. The Balaban J connectivity index is 1.43. The largest absolute Gasteiger partial charge is 0.497 e. The van der Waals surface area contributed by atoms with Gasteiger partial charge in [-0.3, -0.25) is 24.5 Å². The van der Waals surface area contributed by atoms with Crippen molar-refractivity contribution in [2.75, 3.05) is 19.1 Å². The minimum absolute atomic E-state index is 0.0671. The van der Waals surface area contributed by atoms with Crippen molar-refractivity contribution < 1.29 is 33.5 Å². The number of nitro groups is 1. The van der Waals surface area contributed by atoms with E-state index in [0.717, 1.165) is 40.2 Å². The van der Waals surface area contributed by atoms with E-state index in [0.29, 0.717) is 11.5 Å². The number of ether oxygens (including phenoxy) is 3. The summed E-state index contributed by atoms with van der Waals surface area (Å²) in [5.74, 6) is -2.38. The van der Waals surface area contributed by atoms with Gasteiger partial charge in [0.15, 0.2) is 0 Å². The van der Waals surface area contributed by atoms with Crippen LogP contribution in [0.25, 0.3) is 5.57 Å². The first-order valence-electron chi connectivity index (χ1n) is 13.3. The summed E-state index contributed by atoms with van der Waals surface area (Å²) in [7, 11) is 3.20. The number of allylic oxidation sites excluding steroid dienone is 3. The van der Waals surface area contributed by atoms with Crippen molar-refractivity contribution >= 4 is 34.7 Å². The number of anilines is 1. The zero-order chi connectivity index (χ0) is 29.7. The van der Waals surface area contributed by atoms with E-state index in [9.17, 15) is 24.5 Å². The van der Waals surface area contributed by atoms with Crippen LogP contribution in [0.4, 0.5) is 11.4 Å². The highest BCUT2D eigenvalue weighted by atomic mass is 16.6. The Labute approximate surface area is 240 Å². The number of hydrogen-bond donors (Lipinski definition) is 0. The molecule has 0 spiro atoms. The topological polar surface area (TPSA) is 125 Å². The molecule has 10 heteroatoms. The molecule has 0 aromatic heterocycles. The predicted octanol–water partition coefficient (Wildman–Crippen LogP) is 4.96. The van der Waals surface area contributed by atoms with E-state index in [4.69, 9.17) is 14.2 Å². The summed E-state index contributed by atoms with van der Waals surface area (Å²) >= 11 is 0. The number of rotatable bonds is 7. The molecule has 2 fully saturated rings. The van der Waals surface area contributed by atoms with Gasteiger partial charge in [0.1, 0.15) is 11.5 Å². The van der Waals surface area contributed by atoms with E-state index < -0.39 is 40.2 Å². The van der Waals surface area contributed by atoms with Gasteiger partial charge < -0.3 is 14.2 Å². The first-order valence-corrected chi connectivity index (χ1v) is 13.3. The van der Waals surface area contributed by atoms with Gasteiger partial charge in [0.05, 0.1) is 36.7 Å². The molecule has 4 atom stereocenters. The maximum atomic E-state index is 13.9. The Morgan fingerprint density at radius 1 is 0.810 bits per heavy atom. The lowest BCUT2D eigenvalue weighted by molar-refractivity contribution is -0.385. The molecule has 1 saturated heterocycles. The Bertz CT molecular complexity index is 1610. The lowest BCUT2D eigenvalue weighted by Crippen LogP contribution is -2.33. The molecular weight excluding hydrogens is 540 g/mol. The number of methoxy groups -OCH3 is 2. The summed E-state index contributed by atoms with van der Waals surface area (Å²) in [5, 5.41) is 11.7. The van der Waals surface area contributed by atoms with Gasteiger partial charge >= 0.3 is 11.7 Å². The molecule has 2 amide bonds. The average molecular weight is 567 g/mol. The Morgan fingerprint density at radius 2 is 1.31 bits per heavy atom. The summed E-state index contributed by atoms with van der Waals surface area (Å²) < 4.78 is 15.7. The van der Waals surface area contributed by atoms with Crippen LogP contribution in [0.5, 0.6) is 17.2 Å². The van der Waals surface area contributed by atoms with Crippen molar-refractivity contribution in [3.8, 4) is 17.2 Å². The van der Waals surface area contributed by atoms with Crippen LogP contribution in [0.3, 0.4) is 0 Å². The zero-order valence-corrected chi connectivity index (χ0v) is 23.0. The summed E-state index contributed by atoms with van der Waals surface area (Å²) in [6.07, 6.45) is 3.96. The molecular formula is C32H26N2O8. The van der Waals surface area contributed by atoms with Crippen LogP contribution in [0.1, 0.15) is 18.1 Å². The molecule has 10 nitrogen and oxygen atoms in total. The lowest BCUT2D eigenvalue weighted by Gasteiger charge is -2.22. The van der Waals surface area contributed by atoms with Crippen LogP contribution in [0, 0.1) is 33.8 Å². The van der Waals surface area contributed by atoms with Crippen LogP contribution >= 0.6 is 0 Å². The third-order valence-electron chi connectivity index (χ3n) is 8.11. The quantitative estimate of drug-likeness (QED) is 0.0981. The molecule has 2 aliphatic carbocycles. The fourth-order valence-electron chi connectivity index (χ4n) is 6.40. The van der Waals surface area contributed by atoms with Crippen molar-refractivity contribution in [3.63, 3.8) is 0 Å². The Kier molecular flexibility index (Phi) is 6.61. The summed E-state index contributed by atoms with van der Waals surface area (Å²) in [5.41, 5.74) is 3.31. The number of imide groups is 1. The van der Waals surface area contributed by atoms with Crippen LogP contribution in [0.2, 0.25) is 0 Å². The van der Waals surface area contributed by atoms with Crippen molar-refractivity contribution in [1.29, 1.82) is 0 Å². The summed E-state index contributed by atoms with van der Waals surface area (Å²) in [6, 6.07) is 19.0. The molecule has 212 valence electrons. The van der Waals surface area contributed by atoms with Gasteiger partial charge in [-0.25, -0.2) is 4.90 Å². The van der Waals surface area contributed by atoms with E-state index in [-0.39, 0.29) is 23.3 Å². The monoisotopic (exact) mass is 566 g/mol. The number of carbonyl (C=O) groups excluding carboxylic acids is 3. The summed E-state index contributed by atoms with van der Waals surface area (Å²) in [6.45, 7) is 1.13. The number of carbonyl (C=O) groups is 3. The zero-order valence-electron chi connectivity index (χ0n) is 23.0. The first kappa shape index (κ1) is 26.9. The van der Waals surface area contributed by atoms with Gasteiger partial charge in [0.2, 0.25) is 17.6 Å². The molecule has 3 aliphatic rings. The molecule has 1 heterocycles. The minimum atomic E-state index is -0.722. The van der Waals surface area contributed by atoms with Gasteiger partial charge in [0, 0.05) is 24.8 Å². The Hall–Kier alpha value is -5.25. The molecule has 3 aromatic carbocycles. The molecule has 1 saturated carbocycles. The highest BCUT2D eigenvalue weighted by Crippen LogP contribution is 2.59. The van der Waals surface area contributed by atoms with Crippen LogP contribution in [-0.2, 0) is 14.4 Å². The number of hydrogen-bond acceptors (Lipinski definition) is 8. The number of benzene rings is 3. The number of amides is 2. The van der Waals surface area contributed by atoms with E-state index >= 15 is 0 Å². The van der Waals surface area contributed by atoms with E-state index in [1.807, 2.05) is 60.7 Å². The van der Waals surface area contributed by atoms with E-state index in [2.05, 4.69) is 0 Å². The third kappa shape index (κ3) is 4.23. The smallest absolute Gasteiger partial charge is 0.313 e. The van der Waals surface area contributed by atoms with Gasteiger partial charge in [-0.15, -0.1) is 0 Å². The fraction of sp³-hybridized carbons (Fsp3) is 0.219. The molecule has 2 bridgehead atoms. The van der Waals surface area contributed by atoms with E-state index in [1.165, 1.54) is 12.1 Å². The van der Waals surface area contributed by atoms with Crippen LogP contribution in [0.15, 0.2) is 84.5 Å². The SMILES string of the molecule is COc1ccc(C(=C2[C@H]3C=C[C@H]2[C@@H]2C(=O)N(c4ccc(OC(C)=O)c([N+](=O)[O-])c4)C(=O)[C@H]23)c2ccc(OC)cc2)cc1. The van der Waals surface area contributed by atoms with Crippen molar-refractivity contribution in [3.05, 3.63) is 106 Å². The van der Waals surface area contributed by atoms with Crippen molar-refractivity contribution in [2.24, 2.45) is 23.7 Å². The second-order valence-corrected chi connectivity index (χ2v) is 10.3. The fourth-order valence-corrected chi connectivity index (χ4v) is 6.40. The number of nitrogens with zero attached hydrogens (tertiary/aromatic N) is 2. The van der Waals surface area contributed by atoms with Crippen LogP contribution < -0.4 is 19.1 Å². The van der Waals surface area contributed by atoms with Gasteiger partial charge in [-0.2, -0.15) is 0 Å². The highest BCUT2D eigenvalue weighted by molar-refractivity contribution is 6.23. The summed E-state index contributed by atoms with van der Waals surface area (Å²) in [4.78, 5) is 51.2. The van der Waals surface area contributed by atoms with Crippen molar-refractivity contribution in [1.82, 2.24) is 0 Å². The molecule has 42 heavy (non-hydrogen) atoms. The highest BCUT2D eigenvalue weighted by Gasteiger charge is 2.62. The van der Waals surface area contributed by atoms with Gasteiger partial charge in [-0.1, -0.05) is 36.4 Å². The van der Waals surface area contributed by atoms with Crippen LogP contribution in [-0.4, -0.2) is 36.9 Å². The number of fused-ring (bicyclic) bond motifs is 5. The standard InChI is InChI=1S/C32H26N2O8/c1-17(35)42-26-15-8-20(16-25(26)34(38)39)33-31(36)29-23-13-14-24(30(29)32(33)37)28(23)27(18-4-9-21(40-2)10-5-18)19-6-11-22(41-3)12-7-19/h4-16,23-24,29-30H,1-3H3/t23-,24-,29+,30+/m1/s1. The lowest BCUT2D eigenvalue weighted by atomic mass is 9.85. The Morgan fingerprint density at radius 3 is 1.74 bits per heavy atom. The first-order chi connectivity index (χ1) is 20.2. The molecule has 6 rings (SSSR count). The molecule has 0 N–H and O–H groups in total. The molecule has 0 radical (unpaired) electrons. The molecule has 1 aliphatic heterocycles. The molecule has 3 aromatic rings. The second kappa shape index (κ2) is 10.3. The van der Waals surface area contributed by atoms with E-state index in [1.54, 1.807) is 14.2 Å². The number of esters is 1. The third-order valence-corrected chi connectivity index (χ3v) is 8.11. The van der Waals surface area contributed by atoms with Gasteiger partial charge in [-0.05, 0) is 58.7 Å². The normalized spacial score (nSPS) is 21.9. The second-order valence-electron chi connectivity index (χ2n) is 10.3. The average Bonchev–Trinajstić information content (AvgIpc) is 3.62.